The monoisotopic (exact) mass is 336 g/mol. The number of nitrogens with one attached hydrogen (secondary N) is 2. The van der Waals surface area contributed by atoms with E-state index in [1.807, 2.05) is 0 Å². The number of carbonyl (C=O) groups is 1. The van der Waals surface area contributed by atoms with Crippen LogP contribution >= 0.6 is 23.2 Å². The van der Waals surface area contributed by atoms with Gasteiger partial charge in [-0.05, 0) is 35.9 Å². The molecule has 0 spiro atoms. The third kappa shape index (κ3) is 2.93. The second-order valence-corrected chi connectivity index (χ2v) is 5.62. The molecule has 0 aliphatic rings. The molecule has 2 aromatic carbocycles. The maximum atomic E-state index is 13.2. The van der Waals surface area contributed by atoms with E-state index in [1.54, 1.807) is 30.5 Å². The number of aromatic nitrogens is 1. The van der Waals surface area contributed by atoms with E-state index in [-0.39, 0.29) is 18.1 Å². The summed E-state index contributed by atoms with van der Waals surface area (Å²) < 4.78 is 13.2. The second kappa shape index (κ2) is 5.99. The van der Waals surface area contributed by atoms with Gasteiger partial charge in [-0.25, -0.2) is 4.39 Å². The minimum absolute atomic E-state index is 0.147. The standard InChI is InChI=1S/C16H11Cl2FN2O/c17-12-2-1-3-13(16(12)18)21-15(22)6-9-8-20-14-7-10(19)4-5-11(9)14/h1-5,7-8,20H,6H2,(H,21,22). The average Bonchev–Trinajstić information content (AvgIpc) is 2.86. The number of aromatic amines is 1. The lowest BCUT2D eigenvalue weighted by atomic mass is 10.1. The topological polar surface area (TPSA) is 44.9 Å². The van der Waals surface area contributed by atoms with Crippen molar-refractivity contribution in [1.29, 1.82) is 0 Å². The van der Waals surface area contributed by atoms with Gasteiger partial charge in [0.1, 0.15) is 5.82 Å². The molecule has 1 amide bonds. The van der Waals surface area contributed by atoms with Gasteiger partial charge in [0.25, 0.3) is 0 Å². The van der Waals surface area contributed by atoms with Crippen molar-refractivity contribution < 1.29 is 9.18 Å². The SMILES string of the molecule is O=C(Cc1c[nH]c2cc(F)ccc12)Nc1cccc(Cl)c1Cl. The lowest BCUT2D eigenvalue weighted by molar-refractivity contribution is -0.115. The van der Waals surface area contributed by atoms with Gasteiger partial charge in [0.2, 0.25) is 5.91 Å². The highest BCUT2D eigenvalue weighted by Crippen LogP contribution is 2.29. The molecular weight excluding hydrogens is 326 g/mol. The Morgan fingerprint density at radius 1 is 1.23 bits per heavy atom. The van der Waals surface area contributed by atoms with Crippen LogP contribution < -0.4 is 5.32 Å². The van der Waals surface area contributed by atoms with Crippen molar-refractivity contribution in [3.8, 4) is 0 Å². The van der Waals surface area contributed by atoms with E-state index in [0.29, 0.717) is 21.2 Å². The molecular formula is C16H11Cl2FN2O. The first-order valence-electron chi connectivity index (χ1n) is 6.54. The summed E-state index contributed by atoms with van der Waals surface area (Å²) >= 11 is 11.9. The van der Waals surface area contributed by atoms with Crippen LogP contribution in [0.15, 0.2) is 42.6 Å². The van der Waals surface area contributed by atoms with Crippen molar-refractivity contribution in [1.82, 2.24) is 4.98 Å². The number of H-pyrrole nitrogens is 1. The third-order valence-corrected chi connectivity index (χ3v) is 4.13. The molecule has 0 aliphatic carbocycles. The van der Waals surface area contributed by atoms with Crippen molar-refractivity contribution in [3.05, 3.63) is 64.0 Å². The Morgan fingerprint density at radius 2 is 2.05 bits per heavy atom. The molecule has 0 saturated carbocycles. The van der Waals surface area contributed by atoms with Gasteiger partial charge in [-0.1, -0.05) is 29.3 Å². The van der Waals surface area contributed by atoms with Crippen LogP contribution in [0.4, 0.5) is 10.1 Å². The average molecular weight is 337 g/mol. The van der Waals surface area contributed by atoms with Gasteiger partial charge in [0, 0.05) is 17.1 Å². The number of benzene rings is 2. The summed E-state index contributed by atoms with van der Waals surface area (Å²) in [6.07, 6.45) is 1.84. The van der Waals surface area contributed by atoms with Gasteiger partial charge >= 0.3 is 0 Å². The summed E-state index contributed by atoms with van der Waals surface area (Å²) in [4.78, 5) is 15.1. The van der Waals surface area contributed by atoms with Crippen molar-refractivity contribution >= 4 is 45.7 Å². The molecule has 6 heteroatoms. The maximum absolute atomic E-state index is 13.2. The van der Waals surface area contributed by atoms with Crippen LogP contribution in [0.3, 0.4) is 0 Å². The van der Waals surface area contributed by atoms with Crippen LogP contribution in [0.5, 0.6) is 0 Å². The Bertz CT molecular complexity index is 860. The molecule has 0 fully saturated rings. The van der Waals surface area contributed by atoms with Crippen LogP contribution in [-0.2, 0) is 11.2 Å². The fraction of sp³-hybridized carbons (Fsp3) is 0.0625. The fourth-order valence-electron chi connectivity index (χ4n) is 2.27. The number of rotatable bonds is 3. The van der Waals surface area contributed by atoms with Gasteiger partial charge in [0.15, 0.2) is 0 Å². The first-order chi connectivity index (χ1) is 10.5. The molecule has 1 heterocycles. The normalized spacial score (nSPS) is 10.9. The zero-order valence-electron chi connectivity index (χ0n) is 11.3. The lowest BCUT2D eigenvalue weighted by Gasteiger charge is -2.07. The van der Waals surface area contributed by atoms with Crippen molar-refractivity contribution in [3.63, 3.8) is 0 Å². The number of halogens is 3. The highest BCUT2D eigenvalue weighted by molar-refractivity contribution is 6.44. The summed E-state index contributed by atoms with van der Waals surface area (Å²) in [5.74, 6) is -0.551. The van der Waals surface area contributed by atoms with Gasteiger partial charge in [-0.3, -0.25) is 4.79 Å². The van der Waals surface area contributed by atoms with Gasteiger partial charge in [-0.2, -0.15) is 0 Å². The van der Waals surface area contributed by atoms with E-state index < -0.39 is 0 Å². The predicted molar refractivity (Wildman–Crippen MR) is 87.1 cm³/mol. The fourth-order valence-corrected chi connectivity index (χ4v) is 2.62. The van der Waals surface area contributed by atoms with E-state index in [1.165, 1.54) is 12.1 Å². The maximum Gasteiger partial charge on any atom is 0.228 e. The summed E-state index contributed by atoms with van der Waals surface area (Å²) in [6, 6.07) is 9.44. The van der Waals surface area contributed by atoms with Crippen molar-refractivity contribution in [2.75, 3.05) is 5.32 Å². The van der Waals surface area contributed by atoms with Crippen molar-refractivity contribution in [2.24, 2.45) is 0 Å². The smallest absolute Gasteiger partial charge is 0.228 e. The molecule has 3 aromatic rings. The largest absolute Gasteiger partial charge is 0.361 e. The Morgan fingerprint density at radius 3 is 2.86 bits per heavy atom. The number of amides is 1. The van der Waals surface area contributed by atoms with Crippen molar-refractivity contribution in [2.45, 2.75) is 6.42 Å². The number of carbonyl (C=O) groups excluding carboxylic acids is 1. The van der Waals surface area contributed by atoms with E-state index in [2.05, 4.69) is 10.3 Å². The van der Waals surface area contributed by atoms with Crippen LogP contribution in [0.1, 0.15) is 5.56 Å². The molecule has 3 rings (SSSR count). The van der Waals surface area contributed by atoms with E-state index in [4.69, 9.17) is 23.2 Å². The van der Waals surface area contributed by atoms with E-state index in [9.17, 15) is 9.18 Å². The molecule has 0 radical (unpaired) electrons. The molecule has 0 unspecified atom stereocenters. The molecule has 112 valence electrons. The zero-order valence-corrected chi connectivity index (χ0v) is 12.8. The van der Waals surface area contributed by atoms with E-state index >= 15 is 0 Å². The predicted octanol–water partition coefficient (Wildman–Crippen LogP) is 4.80. The number of hydrogen-bond donors (Lipinski definition) is 2. The Balaban J connectivity index is 1.80. The quantitative estimate of drug-likeness (QED) is 0.709. The lowest BCUT2D eigenvalue weighted by Crippen LogP contribution is -2.14. The van der Waals surface area contributed by atoms with Crippen LogP contribution in [-0.4, -0.2) is 10.9 Å². The summed E-state index contributed by atoms with van der Waals surface area (Å²) in [5.41, 5.74) is 1.90. The molecule has 2 N–H and O–H groups in total. The Kier molecular flexibility index (Phi) is 4.05. The second-order valence-electron chi connectivity index (χ2n) is 4.83. The molecule has 1 aromatic heterocycles. The van der Waals surface area contributed by atoms with Gasteiger partial charge < -0.3 is 10.3 Å². The number of hydrogen-bond acceptors (Lipinski definition) is 1. The summed E-state index contributed by atoms with van der Waals surface area (Å²) in [7, 11) is 0. The molecule has 22 heavy (non-hydrogen) atoms. The van der Waals surface area contributed by atoms with Crippen LogP contribution in [0, 0.1) is 5.82 Å². The van der Waals surface area contributed by atoms with Gasteiger partial charge in [0.05, 0.1) is 22.2 Å². The molecule has 0 aliphatic heterocycles. The Labute approximate surface area is 136 Å². The van der Waals surface area contributed by atoms with Crippen LogP contribution in [0.25, 0.3) is 10.9 Å². The molecule has 0 saturated heterocycles. The van der Waals surface area contributed by atoms with Gasteiger partial charge in [-0.15, -0.1) is 0 Å². The highest BCUT2D eigenvalue weighted by atomic mass is 35.5. The molecule has 0 bridgehead atoms. The number of anilines is 1. The minimum Gasteiger partial charge on any atom is -0.361 e. The summed E-state index contributed by atoms with van der Waals surface area (Å²) in [5, 5.41) is 4.22. The first-order valence-corrected chi connectivity index (χ1v) is 7.29. The van der Waals surface area contributed by atoms with Crippen LogP contribution in [0.2, 0.25) is 10.0 Å². The summed E-state index contributed by atoms with van der Waals surface area (Å²) in [6.45, 7) is 0. The van der Waals surface area contributed by atoms with E-state index in [0.717, 1.165) is 10.9 Å². The minimum atomic E-state index is -0.323. The first kappa shape index (κ1) is 14.9. The zero-order chi connectivity index (χ0) is 15.7. The highest BCUT2D eigenvalue weighted by Gasteiger charge is 2.12. The third-order valence-electron chi connectivity index (χ3n) is 3.31. The molecule has 3 nitrogen and oxygen atoms in total. The number of fused-ring (bicyclic) bond motifs is 1. The molecule has 0 atom stereocenters. The Hall–Kier alpha value is -2.04.